The summed E-state index contributed by atoms with van der Waals surface area (Å²) < 4.78 is 12.9. The average molecular weight is 339 g/mol. The van der Waals surface area contributed by atoms with Crippen LogP contribution in [0, 0.1) is 5.82 Å². The predicted molar refractivity (Wildman–Crippen MR) is 89.7 cm³/mol. The van der Waals surface area contributed by atoms with Gasteiger partial charge in [-0.05, 0) is 43.7 Å². The molecular weight excluding hydrogens is 323 g/mol. The van der Waals surface area contributed by atoms with Crippen molar-refractivity contribution in [3.63, 3.8) is 0 Å². The summed E-state index contributed by atoms with van der Waals surface area (Å²) in [6.45, 7) is 3.82. The summed E-state index contributed by atoms with van der Waals surface area (Å²) in [5.41, 5.74) is 0.982. The van der Waals surface area contributed by atoms with Gasteiger partial charge in [0, 0.05) is 11.4 Å². The number of aromatic nitrogens is 1. The third-order valence-corrected chi connectivity index (χ3v) is 4.62. The molecule has 1 heterocycles. The van der Waals surface area contributed by atoms with Crippen LogP contribution in [0.4, 0.5) is 10.2 Å². The highest BCUT2D eigenvalue weighted by Gasteiger charge is 2.18. The maximum absolute atomic E-state index is 12.9. The Hall–Kier alpha value is -1.59. The van der Waals surface area contributed by atoms with Gasteiger partial charge in [0.1, 0.15) is 11.6 Å². The van der Waals surface area contributed by atoms with Crippen molar-refractivity contribution in [2.75, 3.05) is 5.32 Å². The topological polar surface area (TPSA) is 42.0 Å². The number of benzene rings is 1. The predicted octanol–water partition coefficient (Wildman–Crippen LogP) is 4.70. The zero-order valence-corrected chi connectivity index (χ0v) is 13.8. The number of nitrogens with one attached hydrogen (secondary N) is 1. The van der Waals surface area contributed by atoms with Crippen molar-refractivity contribution in [1.82, 2.24) is 4.98 Å². The van der Waals surface area contributed by atoms with E-state index in [-0.39, 0.29) is 22.2 Å². The van der Waals surface area contributed by atoms with Gasteiger partial charge in [-0.25, -0.2) is 9.37 Å². The van der Waals surface area contributed by atoms with Gasteiger partial charge in [0.15, 0.2) is 0 Å². The number of halogens is 2. The normalized spacial score (nSPS) is 13.5. The number of hydrogen-bond acceptors (Lipinski definition) is 3. The molecule has 6 heteroatoms. The summed E-state index contributed by atoms with van der Waals surface area (Å²) in [7, 11) is 0. The Morgan fingerprint density at radius 3 is 2.50 bits per heavy atom. The molecule has 2 rings (SSSR count). The van der Waals surface area contributed by atoms with Crippen molar-refractivity contribution in [3.8, 4) is 0 Å². The van der Waals surface area contributed by atoms with E-state index in [0.29, 0.717) is 10.8 Å². The molecule has 0 fully saturated rings. The summed E-state index contributed by atoms with van der Waals surface area (Å²) in [4.78, 5) is 16.2. The summed E-state index contributed by atoms with van der Waals surface area (Å²) in [5.74, 6) is 0.0747. The number of anilines is 1. The van der Waals surface area contributed by atoms with E-state index in [1.807, 2.05) is 13.8 Å². The maximum Gasteiger partial charge on any atom is 0.238 e. The second-order valence-electron chi connectivity index (χ2n) is 4.82. The summed E-state index contributed by atoms with van der Waals surface area (Å²) in [5, 5.41) is 3.08. The third-order valence-electron chi connectivity index (χ3n) is 3.10. The second-order valence-corrected chi connectivity index (χ2v) is 6.95. The average Bonchev–Trinajstić information content (AvgIpc) is 2.50. The second kappa shape index (κ2) is 7.61. The van der Waals surface area contributed by atoms with Crippen molar-refractivity contribution >= 4 is 35.1 Å². The highest BCUT2D eigenvalue weighted by molar-refractivity contribution is 8.00. The van der Waals surface area contributed by atoms with Gasteiger partial charge < -0.3 is 5.32 Å². The molecule has 2 atom stereocenters. The Kier molecular flexibility index (Phi) is 5.80. The minimum atomic E-state index is -0.266. The van der Waals surface area contributed by atoms with Crippen molar-refractivity contribution in [2.24, 2.45) is 0 Å². The molecule has 1 aromatic heterocycles. The minimum Gasteiger partial charge on any atom is -0.310 e. The first kappa shape index (κ1) is 16.8. The van der Waals surface area contributed by atoms with Crippen LogP contribution in [0.2, 0.25) is 5.02 Å². The van der Waals surface area contributed by atoms with Crippen LogP contribution in [-0.2, 0) is 4.79 Å². The lowest BCUT2D eigenvalue weighted by Crippen LogP contribution is -2.23. The first-order valence-corrected chi connectivity index (χ1v) is 8.11. The molecule has 0 saturated carbocycles. The van der Waals surface area contributed by atoms with Gasteiger partial charge in [-0.1, -0.05) is 23.7 Å². The molecule has 1 amide bonds. The molecule has 0 aliphatic rings. The minimum absolute atomic E-state index is 0.0829. The van der Waals surface area contributed by atoms with Gasteiger partial charge >= 0.3 is 0 Å². The molecule has 0 aliphatic carbocycles. The molecule has 0 spiro atoms. The fourth-order valence-electron chi connectivity index (χ4n) is 1.86. The maximum atomic E-state index is 12.9. The number of amides is 1. The van der Waals surface area contributed by atoms with E-state index in [0.717, 1.165) is 5.56 Å². The van der Waals surface area contributed by atoms with E-state index in [2.05, 4.69) is 10.3 Å². The number of nitrogens with zero attached hydrogens (tertiary/aromatic N) is 1. The lowest BCUT2D eigenvalue weighted by molar-refractivity contribution is -0.115. The highest BCUT2D eigenvalue weighted by Crippen LogP contribution is 2.32. The lowest BCUT2D eigenvalue weighted by atomic mass is 10.2. The van der Waals surface area contributed by atoms with Crippen molar-refractivity contribution in [3.05, 3.63) is 59.0 Å². The van der Waals surface area contributed by atoms with Gasteiger partial charge in [0.25, 0.3) is 0 Å². The number of carbonyl (C=O) groups excluding carboxylic acids is 1. The number of hydrogen-bond donors (Lipinski definition) is 1. The first-order chi connectivity index (χ1) is 10.5. The van der Waals surface area contributed by atoms with Crippen molar-refractivity contribution < 1.29 is 9.18 Å². The Morgan fingerprint density at radius 2 is 1.91 bits per heavy atom. The number of pyridine rings is 1. The SMILES string of the molecule is CC(SC(C)c1ccc(F)cc1)C(=O)Nc1ccc(Cl)cn1. The van der Waals surface area contributed by atoms with Gasteiger partial charge in [-0.2, -0.15) is 0 Å². The van der Waals surface area contributed by atoms with Gasteiger partial charge in [0.05, 0.1) is 10.3 Å². The molecular formula is C16H16ClFN2OS. The zero-order chi connectivity index (χ0) is 16.1. The Balaban J connectivity index is 1.93. The van der Waals surface area contributed by atoms with Gasteiger partial charge in [0.2, 0.25) is 5.91 Å². The van der Waals surface area contributed by atoms with E-state index in [4.69, 9.17) is 11.6 Å². The quantitative estimate of drug-likeness (QED) is 0.859. The molecule has 0 aliphatic heterocycles. The number of thioether (sulfide) groups is 1. The first-order valence-electron chi connectivity index (χ1n) is 6.79. The molecule has 1 N–H and O–H groups in total. The van der Waals surface area contributed by atoms with Crippen LogP contribution in [0.3, 0.4) is 0 Å². The monoisotopic (exact) mass is 338 g/mol. The van der Waals surface area contributed by atoms with Crippen LogP contribution in [0.1, 0.15) is 24.7 Å². The van der Waals surface area contributed by atoms with E-state index in [9.17, 15) is 9.18 Å². The highest BCUT2D eigenvalue weighted by atomic mass is 35.5. The lowest BCUT2D eigenvalue weighted by Gasteiger charge is -2.17. The molecule has 22 heavy (non-hydrogen) atoms. The fourth-order valence-corrected chi connectivity index (χ4v) is 3.08. The number of carbonyl (C=O) groups is 1. The molecule has 0 radical (unpaired) electrons. The Morgan fingerprint density at radius 1 is 1.23 bits per heavy atom. The summed E-state index contributed by atoms with van der Waals surface area (Å²) in [6, 6.07) is 9.64. The van der Waals surface area contributed by atoms with E-state index >= 15 is 0 Å². The molecule has 1 aromatic carbocycles. The molecule has 0 bridgehead atoms. The van der Waals surface area contributed by atoms with Crippen molar-refractivity contribution in [2.45, 2.75) is 24.3 Å². The summed E-state index contributed by atoms with van der Waals surface area (Å²) >= 11 is 7.25. The van der Waals surface area contributed by atoms with Crippen LogP contribution in [0.5, 0.6) is 0 Å². The third kappa shape index (κ3) is 4.71. The molecule has 2 aromatic rings. The Bertz CT molecular complexity index is 634. The molecule has 3 nitrogen and oxygen atoms in total. The van der Waals surface area contributed by atoms with E-state index in [1.54, 1.807) is 24.3 Å². The van der Waals surface area contributed by atoms with Crippen LogP contribution >= 0.6 is 23.4 Å². The zero-order valence-electron chi connectivity index (χ0n) is 12.2. The van der Waals surface area contributed by atoms with Crippen LogP contribution in [0.25, 0.3) is 0 Å². The van der Waals surface area contributed by atoms with E-state index in [1.165, 1.54) is 30.1 Å². The number of rotatable bonds is 5. The fraction of sp³-hybridized carbons (Fsp3) is 0.250. The van der Waals surface area contributed by atoms with Gasteiger partial charge in [-0.15, -0.1) is 11.8 Å². The summed E-state index contributed by atoms with van der Waals surface area (Å²) in [6.07, 6.45) is 1.48. The van der Waals surface area contributed by atoms with Crippen LogP contribution in [-0.4, -0.2) is 16.1 Å². The molecule has 2 unspecified atom stereocenters. The van der Waals surface area contributed by atoms with E-state index < -0.39 is 0 Å². The Labute approximate surface area is 138 Å². The smallest absolute Gasteiger partial charge is 0.238 e. The standard InChI is InChI=1S/C16H16ClFN2OS/c1-10(12-3-6-14(18)7-4-12)22-11(2)16(21)20-15-8-5-13(17)9-19-15/h3-11H,1-2H3,(H,19,20,21). The van der Waals surface area contributed by atoms with Gasteiger partial charge in [-0.3, -0.25) is 4.79 Å². The van der Waals surface area contributed by atoms with Crippen molar-refractivity contribution in [1.29, 1.82) is 0 Å². The largest absolute Gasteiger partial charge is 0.310 e. The van der Waals surface area contributed by atoms with Crippen LogP contribution < -0.4 is 5.32 Å². The molecule has 116 valence electrons. The molecule has 0 saturated heterocycles. The van der Waals surface area contributed by atoms with Crippen LogP contribution in [0.15, 0.2) is 42.6 Å².